The maximum Gasteiger partial charge on any atom is 0.323 e. The van der Waals surface area contributed by atoms with Gasteiger partial charge in [0.05, 0.1) is 6.61 Å². The van der Waals surface area contributed by atoms with Crippen molar-refractivity contribution in [3.8, 4) is 0 Å². The standard InChI is InChI=1S/C15H29NO3/c1-3-10-16-14(15(17)19-4-2)9-12-18-11-8-13-6-5-7-13/h13-14,16H,3-12H2,1-2H3. The van der Waals surface area contributed by atoms with Gasteiger partial charge in [0.15, 0.2) is 0 Å². The van der Waals surface area contributed by atoms with Crippen LogP contribution in [-0.2, 0) is 14.3 Å². The van der Waals surface area contributed by atoms with Crippen LogP contribution in [0.15, 0.2) is 0 Å². The average Bonchev–Trinajstić information content (AvgIpc) is 2.35. The number of hydrogen-bond acceptors (Lipinski definition) is 4. The summed E-state index contributed by atoms with van der Waals surface area (Å²) in [5, 5.41) is 3.22. The molecule has 1 unspecified atom stereocenters. The largest absolute Gasteiger partial charge is 0.465 e. The Labute approximate surface area is 117 Å². The van der Waals surface area contributed by atoms with Crippen molar-refractivity contribution >= 4 is 5.97 Å². The third-order valence-electron chi connectivity index (χ3n) is 3.66. The van der Waals surface area contributed by atoms with E-state index in [1.165, 1.54) is 25.7 Å². The minimum Gasteiger partial charge on any atom is -0.465 e. The zero-order valence-electron chi connectivity index (χ0n) is 12.5. The van der Waals surface area contributed by atoms with Crippen LogP contribution in [-0.4, -0.2) is 38.4 Å². The van der Waals surface area contributed by atoms with Crippen LogP contribution >= 0.6 is 0 Å². The molecular formula is C15H29NO3. The lowest BCUT2D eigenvalue weighted by Crippen LogP contribution is -2.39. The highest BCUT2D eigenvalue weighted by atomic mass is 16.5. The Kier molecular flexibility index (Phi) is 8.84. The number of rotatable bonds is 11. The molecule has 1 aliphatic carbocycles. The van der Waals surface area contributed by atoms with Crippen LogP contribution < -0.4 is 5.32 Å². The summed E-state index contributed by atoms with van der Waals surface area (Å²) >= 11 is 0. The third-order valence-corrected chi connectivity index (χ3v) is 3.66. The van der Waals surface area contributed by atoms with Crippen molar-refractivity contribution in [1.82, 2.24) is 5.32 Å². The number of esters is 1. The summed E-state index contributed by atoms with van der Waals surface area (Å²) in [6.07, 6.45) is 7.00. The second-order valence-electron chi connectivity index (χ2n) is 5.25. The highest BCUT2D eigenvalue weighted by Gasteiger charge is 2.19. The van der Waals surface area contributed by atoms with Crippen LogP contribution in [0.3, 0.4) is 0 Å². The molecule has 0 saturated heterocycles. The zero-order chi connectivity index (χ0) is 13.9. The summed E-state index contributed by atoms with van der Waals surface area (Å²) in [5.41, 5.74) is 0. The average molecular weight is 271 g/mol. The highest BCUT2D eigenvalue weighted by Crippen LogP contribution is 2.29. The molecule has 0 aromatic carbocycles. The Morgan fingerprint density at radius 2 is 2.11 bits per heavy atom. The molecule has 19 heavy (non-hydrogen) atoms. The first-order valence-electron chi connectivity index (χ1n) is 7.75. The molecule has 1 aliphatic rings. The Bertz CT molecular complexity index is 242. The Morgan fingerprint density at radius 1 is 1.32 bits per heavy atom. The van der Waals surface area contributed by atoms with Crippen molar-refractivity contribution in [2.75, 3.05) is 26.4 Å². The molecule has 1 fully saturated rings. The van der Waals surface area contributed by atoms with Gasteiger partial charge in [-0.05, 0) is 38.6 Å². The summed E-state index contributed by atoms with van der Waals surface area (Å²) in [5.74, 6) is 0.734. The van der Waals surface area contributed by atoms with Crippen LogP contribution in [0.1, 0.15) is 52.4 Å². The first-order valence-corrected chi connectivity index (χ1v) is 7.75. The molecule has 0 amide bonds. The Balaban J connectivity index is 2.09. The van der Waals surface area contributed by atoms with Gasteiger partial charge in [-0.15, -0.1) is 0 Å². The van der Waals surface area contributed by atoms with Crippen molar-refractivity contribution in [2.45, 2.75) is 58.4 Å². The fourth-order valence-electron chi connectivity index (χ4n) is 2.20. The molecule has 0 aromatic heterocycles. The minimum atomic E-state index is -0.219. The van der Waals surface area contributed by atoms with Crippen molar-refractivity contribution in [3.63, 3.8) is 0 Å². The van der Waals surface area contributed by atoms with Crippen molar-refractivity contribution in [3.05, 3.63) is 0 Å². The summed E-state index contributed by atoms with van der Waals surface area (Å²) in [6, 6.07) is -0.219. The maximum atomic E-state index is 11.7. The summed E-state index contributed by atoms with van der Waals surface area (Å²) in [6.45, 7) is 6.66. The van der Waals surface area contributed by atoms with Gasteiger partial charge in [0.1, 0.15) is 6.04 Å². The Morgan fingerprint density at radius 3 is 2.68 bits per heavy atom. The lowest BCUT2D eigenvalue weighted by atomic mass is 9.83. The fraction of sp³-hybridized carbons (Fsp3) is 0.933. The maximum absolute atomic E-state index is 11.7. The molecule has 0 aliphatic heterocycles. The molecule has 0 aromatic rings. The third kappa shape index (κ3) is 6.92. The smallest absolute Gasteiger partial charge is 0.323 e. The van der Waals surface area contributed by atoms with E-state index in [1.807, 2.05) is 6.92 Å². The van der Waals surface area contributed by atoms with Crippen LogP contribution in [0, 0.1) is 5.92 Å². The normalized spacial score (nSPS) is 16.9. The quantitative estimate of drug-likeness (QED) is 0.463. The lowest BCUT2D eigenvalue weighted by Gasteiger charge is -2.25. The molecule has 0 heterocycles. The van der Waals surface area contributed by atoms with Gasteiger partial charge in [-0.3, -0.25) is 4.79 Å². The van der Waals surface area contributed by atoms with E-state index >= 15 is 0 Å². The Hall–Kier alpha value is -0.610. The van der Waals surface area contributed by atoms with E-state index in [-0.39, 0.29) is 12.0 Å². The molecule has 0 spiro atoms. The van der Waals surface area contributed by atoms with Crippen LogP contribution in [0.4, 0.5) is 0 Å². The molecule has 4 heteroatoms. The number of nitrogens with one attached hydrogen (secondary N) is 1. The van der Waals surface area contributed by atoms with E-state index < -0.39 is 0 Å². The molecule has 1 saturated carbocycles. The first kappa shape index (κ1) is 16.4. The van der Waals surface area contributed by atoms with E-state index in [9.17, 15) is 4.79 Å². The fourth-order valence-corrected chi connectivity index (χ4v) is 2.20. The summed E-state index contributed by atoms with van der Waals surface area (Å²) in [4.78, 5) is 11.7. The molecule has 0 radical (unpaired) electrons. The van der Waals surface area contributed by atoms with Gasteiger partial charge in [0.25, 0.3) is 0 Å². The summed E-state index contributed by atoms with van der Waals surface area (Å²) < 4.78 is 10.7. The molecular weight excluding hydrogens is 242 g/mol. The number of hydrogen-bond donors (Lipinski definition) is 1. The second-order valence-corrected chi connectivity index (χ2v) is 5.25. The molecule has 1 atom stereocenters. The van der Waals surface area contributed by atoms with E-state index in [1.54, 1.807) is 0 Å². The second kappa shape index (κ2) is 10.2. The predicted octanol–water partition coefficient (Wildman–Crippen LogP) is 2.51. The van der Waals surface area contributed by atoms with Crippen molar-refractivity contribution in [2.24, 2.45) is 5.92 Å². The molecule has 0 bridgehead atoms. The first-order chi connectivity index (χ1) is 9.27. The van der Waals surface area contributed by atoms with Crippen molar-refractivity contribution < 1.29 is 14.3 Å². The van der Waals surface area contributed by atoms with E-state index in [2.05, 4.69) is 12.2 Å². The van der Waals surface area contributed by atoms with Gasteiger partial charge in [-0.25, -0.2) is 0 Å². The molecule has 4 nitrogen and oxygen atoms in total. The number of ether oxygens (including phenoxy) is 2. The monoisotopic (exact) mass is 271 g/mol. The zero-order valence-corrected chi connectivity index (χ0v) is 12.5. The van der Waals surface area contributed by atoms with Gasteiger partial charge < -0.3 is 14.8 Å². The topological polar surface area (TPSA) is 47.6 Å². The SMILES string of the molecule is CCCNC(CCOCCC1CCC1)C(=O)OCC. The van der Waals surface area contributed by atoms with Gasteiger partial charge in [-0.1, -0.05) is 26.2 Å². The molecule has 1 N–H and O–H groups in total. The van der Waals surface area contributed by atoms with Crippen LogP contribution in [0.5, 0.6) is 0 Å². The van der Waals surface area contributed by atoms with Gasteiger partial charge in [0.2, 0.25) is 0 Å². The van der Waals surface area contributed by atoms with E-state index in [4.69, 9.17) is 9.47 Å². The summed E-state index contributed by atoms with van der Waals surface area (Å²) in [7, 11) is 0. The number of carbonyl (C=O) groups is 1. The van der Waals surface area contributed by atoms with E-state index in [0.717, 1.165) is 25.5 Å². The van der Waals surface area contributed by atoms with E-state index in [0.29, 0.717) is 19.6 Å². The van der Waals surface area contributed by atoms with Crippen LogP contribution in [0.2, 0.25) is 0 Å². The van der Waals surface area contributed by atoms with Gasteiger partial charge in [0, 0.05) is 13.2 Å². The predicted molar refractivity (Wildman–Crippen MR) is 76.1 cm³/mol. The van der Waals surface area contributed by atoms with Crippen LogP contribution in [0.25, 0.3) is 0 Å². The van der Waals surface area contributed by atoms with Gasteiger partial charge in [-0.2, -0.15) is 0 Å². The lowest BCUT2D eigenvalue weighted by molar-refractivity contribution is -0.146. The highest BCUT2D eigenvalue weighted by molar-refractivity contribution is 5.75. The van der Waals surface area contributed by atoms with Gasteiger partial charge >= 0.3 is 5.97 Å². The molecule has 112 valence electrons. The molecule has 1 rings (SSSR count). The number of carbonyl (C=O) groups excluding carboxylic acids is 1. The minimum absolute atomic E-state index is 0.154. The van der Waals surface area contributed by atoms with Crippen molar-refractivity contribution in [1.29, 1.82) is 0 Å².